The third-order valence-corrected chi connectivity index (χ3v) is 6.43. The van der Waals surface area contributed by atoms with Gasteiger partial charge in [-0.05, 0) is 29.0 Å². The number of nitrogens with zero attached hydrogens (tertiary/aromatic N) is 9. The van der Waals surface area contributed by atoms with E-state index in [1.165, 1.54) is 29.3 Å². The van der Waals surface area contributed by atoms with Crippen molar-refractivity contribution in [2.24, 2.45) is 7.05 Å². The van der Waals surface area contributed by atoms with Gasteiger partial charge in [-0.15, -0.1) is 5.10 Å². The molecule has 0 aliphatic carbocycles. The molecule has 11 nitrogen and oxygen atoms in total. The van der Waals surface area contributed by atoms with Gasteiger partial charge in [0.15, 0.2) is 10.8 Å². The van der Waals surface area contributed by atoms with Gasteiger partial charge in [-0.2, -0.15) is 5.10 Å². The number of aryl methyl sites for hydroxylation is 1. The molecule has 0 radical (unpaired) electrons. The monoisotopic (exact) mass is 448 g/mol. The molecule has 1 N–H and O–H groups in total. The van der Waals surface area contributed by atoms with Crippen LogP contribution in [0.25, 0.3) is 11.0 Å². The van der Waals surface area contributed by atoms with Crippen LogP contribution in [0.5, 0.6) is 0 Å². The maximum atomic E-state index is 12.1. The van der Waals surface area contributed by atoms with Gasteiger partial charge >= 0.3 is 0 Å². The Labute approximate surface area is 182 Å². The SMILES string of the molecule is CCSc1nc(N2CCCC2)c2cnn(CCNC(=O)CSc3nnnn3C)c2n1. The van der Waals surface area contributed by atoms with E-state index in [2.05, 4.69) is 37.8 Å². The lowest BCUT2D eigenvalue weighted by Crippen LogP contribution is -2.29. The first-order valence-corrected chi connectivity index (χ1v) is 11.9. The van der Waals surface area contributed by atoms with Crippen molar-refractivity contribution in [1.29, 1.82) is 0 Å². The summed E-state index contributed by atoms with van der Waals surface area (Å²) < 4.78 is 3.38. The Morgan fingerprint density at radius 3 is 2.80 bits per heavy atom. The third-order valence-electron chi connectivity index (χ3n) is 4.69. The molecule has 30 heavy (non-hydrogen) atoms. The van der Waals surface area contributed by atoms with Crippen molar-refractivity contribution in [3.8, 4) is 0 Å². The van der Waals surface area contributed by atoms with Crippen LogP contribution in [0, 0.1) is 0 Å². The number of fused-ring (bicyclic) bond motifs is 1. The number of aromatic nitrogens is 8. The van der Waals surface area contributed by atoms with Gasteiger partial charge in [-0.25, -0.2) is 19.3 Å². The Kier molecular flexibility index (Phi) is 6.67. The Morgan fingerprint density at radius 1 is 1.23 bits per heavy atom. The highest BCUT2D eigenvalue weighted by molar-refractivity contribution is 7.99. The van der Waals surface area contributed by atoms with Crippen LogP contribution >= 0.6 is 23.5 Å². The van der Waals surface area contributed by atoms with Gasteiger partial charge in [0, 0.05) is 26.7 Å². The summed E-state index contributed by atoms with van der Waals surface area (Å²) in [4.78, 5) is 24.0. The largest absolute Gasteiger partial charge is 0.356 e. The number of carbonyl (C=O) groups is 1. The molecular weight excluding hydrogens is 424 g/mol. The first-order valence-electron chi connectivity index (χ1n) is 9.89. The summed E-state index contributed by atoms with van der Waals surface area (Å²) in [5.41, 5.74) is 0.816. The molecule has 13 heteroatoms. The average Bonchev–Trinajstić information content (AvgIpc) is 3.48. The number of carbonyl (C=O) groups excluding carboxylic acids is 1. The van der Waals surface area contributed by atoms with E-state index < -0.39 is 0 Å². The molecule has 3 aromatic heterocycles. The van der Waals surface area contributed by atoms with Crippen LogP contribution in [-0.4, -0.2) is 77.0 Å². The van der Waals surface area contributed by atoms with Gasteiger partial charge < -0.3 is 10.2 Å². The fourth-order valence-corrected chi connectivity index (χ4v) is 4.51. The summed E-state index contributed by atoms with van der Waals surface area (Å²) in [6.45, 7) is 5.13. The lowest BCUT2D eigenvalue weighted by molar-refractivity contribution is -0.118. The Hall–Kier alpha value is -2.41. The van der Waals surface area contributed by atoms with Gasteiger partial charge in [0.25, 0.3) is 0 Å². The molecule has 160 valence electrons. The van der Waals surface area contributed by atoms with Crippen LogP contribution in [0.1, 0.15) is 19.8 Å². The first-order chi connectivity index (χ1) is 14.7. The van der Waals surface area contributed by atoms with Crippen molar-refractivity contribution in [3.63, 3.8) is 0 Å². The number of tetrazole rings is 1. The summed E-state index contributed by atoms with van der Waals surface area (Å²) in [6, 6.07) is 0. The fraction of sp³-hybridized carbons (Fsp3) is 0.588. The predicted octanol–water partition coefficient (Wildman–Crippen LogP) is 0.970. The predicted molar refractivity (Wildman–Crippen MR) is 116 cm³/mol. The van der Waals surface area contributed by atoms with E-state index in [1.807, 2.05) is 10.9 Å². The summed E-state index contributed by atoms with van der Waals surface area (Å²) in [5.74, 6) is 2.06. The van der Waals surface area contributed by atoms with E-state index in [1.54, 1.807) is 18.8 Å². The van der Waals surface area contributed by atoms with E-state index in [4.69, 9.17) is 9.97 Å². The molecule has 1 fully saturated rings. The van der Waals surface area contributed by atoms with Crippen LogP contribution in [0.3, 0.4) is 0 Å². The van der Waals surface area contributed by atoms with Crippen molar-refractivity contribution < 1.29 is 4.79 Å². The van der Waals surface area contributed by atoms with Crippen molar-refractivity contribution in [3.05, 3.63) is 6.20 Å². The van der Waals surface area contributed by atoms with Crippen molar-refractivity contribution in [1.82, 2.24) is 45.3 Å². The maximum Gasteiger partial charge on any atom is 0.230 e. The second-order valence-corrected chi connectivity index (χ2v) is 8.96. The van der Waals surface area contributed by atoms with Gasteiger partial charge in [0.1, 0.15) is 5.82 Å². The van der Waals surface area contributed by atoms with E-state index >= 15 is 0 Å². The van der Waals surface area contributed by atoms with Gasteiger partial charge in [-0.1, -0.05) is 30.4 Å². The number of hydrogen-bond donors (Lipinski definition) is 1. The van der Waals surface area contributed by atoms with Crippen molar-refractivity contribution in [2.75, 3.05) is 36.0 Å². The van der Waals surface area contributed by atoms with Crippen LogP contribution in [-0.2, 0) is 18.4 Å². The number of thioether (sulfide) groups is 2. The van der Waals surface area contributed by atoms with Crippen LogP contribution < -0.4 is 10.2 Å². The molecule has 1 saturated heterocycles. The smallest absolute Gasteiger partial charge is 0.230 e. The quantitative estimate of drug-likeness (QED) is 0.374. The molecule has 0 bridgehead atoms. The molecule has 0 aromatic carbocycles. The Balaban J connectivity index is 1.41. The van der Waals surface area contributed by atoms with E-state index in [0.717, 1.165) is 40.9 Å². The minimum Gasteiger partial charge on any atom is -0.356 e. The highest BCUT2D eigenvalue weighted by Crippen LogP contribution is 2.29. The van der Waals surface area contributed by atoms with E-state index in [-0.39, 0.29) is 11.7 Å². The van der Waals surface area contributed by atoms with Gasteiger partial charge in [0.05, 0.1) is 23.9 Å². The summed E-state index contributed by atoms with van der Waals surface area (Å²) in [5, 5.41) is 20.9. The standard InChI is InChI=1S/C17H24N10OS2/c1-3-29-16-20-14(26-7-4-5-8-26)12-10-19-27(15(12)21-16)9-6-18-13(28)11-30-17-22-23-24-25(17)2/h10H,3-9,11H2,1-2H3,(H,18,28). The molecular formula is C17H24N10OS2. The van der Waals surface area contributed by atoms with Crippen molar-refractivity contribution in [2.45, 2.75) is 36.6 Å². The summed E-state index contributed by atoms with van der Waals surface area (Å²) in [6.07, 6.45) is 4.21. The molecule has 0 saturated carbocycles. The zero-order valence-electron chi connectivity index (χ0n) is 17.0. The molecule has 0 spiro atoms. The zero-order valence-corrected chi connectivity index (χ0v) is 18.6. The summed E-state index contributed by atoms with van der Waals surface area (Å²) >= 11 is 2.93. The van der Waals surface area contributed by atoms with Crippen molar-refractivity contribution >= 4 is 46.3 Å². The van der Waals surface area contributed by atoms with Crippen LogP contribution in [0.2, 0.25) is 0 Å². The molecule has 4 heterocycles. The molecule has 1 aliphatic rings. The molecule has 0 atom stereocenters. The highest BCUT2D eigenvalue weighted by Gasteiger charge is 2.20. The number of amides is 1. The van der Waals surface area contributed by atoms with E-state index in [9.17, 15) is 4.79 Å². The minimum absolute atomic E-state index is 0.0749. The van der Waals surface area contributed by atoms with Gasteiger partial charge in [-0.3, -0.25) is 4.79 Å². The molecule has 3 aromatic rings. The minimum atomic E-state index is -0.0749. The number of anilines is 1. The number of nitrogens with one attached hydrogen (secondary N) is 1. The highest BCUT2D eigenvalue weighted by atomic mass is 32.2. The van der Waals surface area contributed by atoms with Gasteiger partial charge in [0.2, 0.25) is 11.1 Å². The molecule has 0 unspecified atom stereocenters. The molecule has 1 amide bonds. The average molecular weight is 449 g/mol. The zero-order chi connectivity index (χ0) is 20.9. The second-order valence-electron chi connectivity index (χ2n) is 6.79. The summed E-state index contributed by atoms with van der Waals surface area (Å²) in [7, 11) is 1.74. The number of hydrogen-bond acceptors (Lipinski definition) is 10. The lowest BCUT2D eigenvalue weighted by atomic mass is 10.3. The number of rotatable bonds is 9. The molecule has 4 rings (SSSR count). The lowest BCUT2D eigenvalue weighted by Gasteiger charge is -2.17. The first kappa shape index (κ1) is 20.8. The topological polar surface area (TPSA) is 120 Å². The normalized spacial score (nSPS) is 14.0. The second kappa shape index (κ2) is 9.60. The van der Waals surface area contributed by atoms with Crippen LogP contribution in [0.4, 0.5) is 5.82 Å². The fourth-order valence-electron chi connectivity index (χ4n) is 3.27. The maximum absolute atomic E-state index is 12.1. The Bertz CT molecular complexity index is 1010. The Morgan fingerprint density at radius 2 is 2.07 bits per heavy atom. The van der Waals surface area contributed by atoms with Crippen LogP contribution in [0.15, 0.2) is 16.5 Å². The molecule has 1 aliphatic heterocycles. The third kappa shape index (κ3) is 4.67. The van der Waals surface area contributed by atoms with E-state index in [0.29, 0.717) is 18.2 Å².